The Bertz CT molecular complexity index is 636. The van der Waals surface area contributed by atoms with E-state index in [0.29, 0.717) is 5.13 Å². The third kappa shape index (κ3) is 4.77. The summed E-state index contributed by atoms with van der Waals surface area (Å²) in [6.07, 6.45) is 5.11. The van der Waals surface area contributed by atoms with Crippen LogP contribution in [0.25, 0.3) is 0 Å². The smallest absolute Gasteiger partial charge is 0.234 e. The van der Waals surface area contributed by atoms with Gasteiger partial charge in [-0.05, 0) is 19.1 Å². The Kier molecular flexibility index (Phi) is 5.60. The summed E-state index contributed by atoms with van der Waals surface area (Å²) in [4.78, 5) is 11.7. The number of nitrogens with one attached hydrogen (secondary N) is 2. The third-order valence-electron chi connectivity index (χ3n) is 2.44. The van der Waals surface area contributed by atoms with E-state index in [0.717, 1.165) is 10.0 Å². The van der Waals surface area contributed by atoms with Crippen molar-refractivity contribution in [3.8, 4) is 12.3 Å². The van der Waals surface area contributed by atoms with E-state index in [4.69, 9.17) is 6.42 Å². The van der Waals surface area contributed by atoms with Crippen molar-refractivity contribution >= 4 is 39.8 Å². The van der Waals surface area contributed by atoms with Gasteiger partial charge in [0.15, 0.2) is 4.34 Å². The van der Waals surface area contributed by atoms with Gasteiger partial charge in [-0.25, -0.2) is 0 Å². The number of rotatable bonds is 6. The van der Waals surface area contributed by atoms with E-state index in [-0.39, 0.29) is 17.7 Å². The molecule has 1 unspecified atom stereocenters. The summed E-state index contributed by atoms with van der Waals surface area (Å²) in [6.45, 7) is 2.04. The number of nitrogens with zero attached hydrogens (tertiary/aromatic N) is 2. The number of hydrogen-bond acceptors (Lipinski definition) is 6. The van der Waals surface area contributed by atoms with Crippen molar-refractivity contribution < 1.29 is 4.79 Å². The van der Waals surface area contributed by atoms with Crippen molar-refractivity contribution in [3.63, 3.8) is 0 Å². The van der Waals surface area contributed by atoms with Crippen LogP contribution in [0.4, 0.5) is 10.8 Å². The molecule has 1 atom stereocenters. The summed E-state index contributed by atoms with van der Waals surface area (Å²) in [6, 6.07) is 9.73. The summed E-state index contributed by atoms with van der Waals surface area (Å²) < 4.78 is 0.733. The van der Waals surface area contributed by atoms with Crippen LogP contribution in [-0.4, -0.2) is 27.9 Å². The number of aromatic nitrogens is 2. The molecule has 0 radical (unpaired) electrons. The first-order valence-electron chi connectivity index (χ1n) is 6.22. The molecule has 2 N–H and O–H groups in total. The zero-order valence-electron chi connectivity index (χ0n) is 11.4. The highest BCUT2D eigenvalue weighted by atomic mass is 32.2. The fourth-order valence-corrected chi connectivity index (χ4v) is 3.38. The molecule has 1 heterocycles. The zero-order valence-corrected chi connectivity index (χ0v) is 13.0. The maximum atomic E-state index is 11.7. The van der Waals surface area contributed by atoms with Gasteiger partial charge in [0, 0.05) is 5.69 Å². The Balaban J connectivity index is 1.91. The minimum Gasteiger partial charge on any atom is -0.344 e. The van der Waals surface area contributed by atoms with Crippen molar-refractivity contribution in [2.24, 2.45) is 0 Å². The molecule has 1 amide bonds. The lowest BCUT2D eigenvalue weighted by molar-refractivity contribution is -0.120. The topological polar surface area (TPSA) is 66.9 Å². The number of terminal acetylenes is 1. The molecule has 21 heavy (non-hydrogen) atoms. The minimum atomic E-state index is -0.268. The maximum absolute atomic E-state index is 11.7. The van der Waals surface area contributed by atoms with Crippen molar-refractivity contribution in [2.75, 3.05) is 11.9 Å². The first kappa shape index (κ1) is 15.4. The number of carbonyl (C=O) groups is 1. The first-order valence-corrected chi connectivity index (χ1v) is 7.92. The molecule has 0 bridgehead atoms. The number of carbonyl (C=O) groups excluding carboxylic acids is 1. The molecule has 0 aliphatic rings. The number of anilines is 2. The van der Waals surface area contributed by atoms with Gasteiger partial charge in [0.1, 0.15) is 0 Å². The number of amides is 1. The van der Waals surface area contributed by atoms with Gasteiger partial charge in [-0.2, -0.15) is 0 Å². The van der Waals surface area contributed by atoms with Crippen LogP contribution in [0.1, 0.15) is 6.92 Å². The lowest BCUT2D eigenvalue weighted by atomic mass is 10.3. The lowest BCUT2D eigenvalue weighted by Crippen LogP contribution is -2.30. The van der Waals surface area contributed by atoms with Gasteiger partial charge in [-0.15, -0.1) is 16.6 Å². The molecule has 0 fully saturated rings. The predicted molar refractivity (Wildman–Crippen MR) is 86.8 cm³/mol. The van der Waals surface area contributed by atoms with E-state index in [2.05, 4.69) is 26.8 Å². The van der Waals surface area contributed by atoms with Gasteiger partial charge in [0.2, 0.25) is 11.0 Å². The van der Waals surface area contributed by atoms with E-state index in [9.17, 15) is 4.79 Å². The molecular formula is C14H14N4OS2. The highest BCUT2D eigenvalue weighted by Crippen LogP contribution is 2.30. The summed E-state index contributed by atoms with van der Waals surface area (Å²) in [5, 5.41) is 14.4. The van der Waals surface area contributed by atoms with Crippen LogP contribution in [0, 0.1) is 12.3 Å². The fraction of sp³-hybridized carbons (Fsp3) is 0.214. The second-order valence-corrected chi connectivity index (χ2v) is 6.61. The highest BCUT2D eigenvalue weighted by Gasteiger charge is 2.16. The average Bonchev–Trinajstić information content (AvgIpc) is 2.92. The number of hydrogen-bond donors (Lipinski definition) is 2. The van der Waals surface area contributed by atoms with Gasteiger partial charge in [0.05, 0.1) is 11.8 Å². The molecule has 1 aromatic heterocycles. The Morgan fingerprint density at radius 3 is 2.90 bits per heavy atom. The Labute approximate surface area is 131 Å². The standard InChI is InChI=1S/C14H14N4OS2/c1-3-9-15-12(19)10(2)20-14-18-17-13(21-14)16-11-7-5-4-6-8-11/h1,4-8,10H,9H2,2H3,(H,15,19)(H,16,17). The number of para-hydroxylation sites is 1. The molecule has 0 saturated carbocycles. The second-order valence-electron chi connectivity index (χ2n) is 4.05. The van der Waals surface area contributed by atoms with Crippen LogP contribution >= 0.6 is 23.1 Å². The molecule has 5 nitrogen and oxygen atoms in total. The van der Waals surface area contributed by atoms with Crippen LogP contribution in [0.5, 0.6) is 0 Å². The van der Waals surface area contributed by atoms with E-state index < -0.39 is 0 Å². The summed E-state index contributed by atoms with van der Waals surface area (Å²) in [5.41, 5.74) is 0.949. The third-order valence-corrected chi connectivity index (χ3v) is 4.47. The molecular weight excluding hydrogens is 304 g/mol. The van der Waals surface area contributed by atoms with Crippen LogP contribution in [0.15, 0.2) is 34.7 Å². The Hall–Kier alpha value is -2.04. The molecule has 0 aliphatic heterocycles. The SMILES string of the molecule is C#CCNC(=O)C(C)Sc1nnc(Nc2ccccc2)s1. The zero-order chi connectivity index (χ0) is 15.1. The van der Waals surface area contributed by atoms with Crippen molar-refractivity contribution in [1.82, 2.24) is 15.5 Å². The molecule has 108 valence electrons. The van der Waals surface area contributed by atoms with Crippen LogP contribution in [0.3, 0.4) is 0 Å². The van der Waals surface area contributed by atoms with Crippen LogP contribution in [0.2, 0.25) is 0 Å². The van der Waals surface area contributed by atoms with Gasteiger partial charge in [-0.1, -0.05) is 47.2 Å². The number of benzene rings is 1. The molecule has 0 saturated heterocycles. The van der Waals surface area contributed by atoms with Gasteiger partial charge < -0.3 is 10.6 Å². The highest BCUT2D eigenvalue weighted by molar-refractivity contribution is 8.02. The van der Waals surface area contributed by atoms with Gasteiger partial charge in [0.25, 0.3) is 0 Å². The molecule has 1 aromatic carbocycles. The Morgan fingerprint density at radius 1 is 1.43 bits per heavy atom. The molecule has 0 spiro atoms. The van der Waals surface area contributed by atoms with E-state index in [1.165, 1.54) is 23.1 Å². The predicted octanol–water partition coefficient (Wildman–Crippen LogP) is 2.51. The fourth-order valence-electron chi connectivity index (χ4n) is 1.44. The summed E-state index contributed by atoms with van der Waals surface area (Å²) >= 11 is 2.76. The number of thioether (sulfide) groups is 1. The quantitative estimate of drug-likeness (QED) is 0.633. The van der Waals surface area contributed by atoms with Crippen molar-refractivity contribution in [1.29, 1.82) is 0 Å². The molecule has 2 rings (SSSR count). The van der Waals surface area contributed by atoms with Crippen LogP contribution < -0.4 is 10.6 Å². The van der Waals surface area contributed by atoms with Crippen LogP contribution in [-0.2, 0) is 4.79 Å². The molecule has 0 aliphatic carbocycles. The summed E-state index contributed by atoms with van der Waals surface area (Å²) in [7, 11) is 0. The lowest BCUT2D eigenvalue weighted by Gasteiger charge is -2.07. The second kappa shape index (κ2) is 7.67. The van der Waals surface area contributed by atoms with Gasteiger partial charge >= 0.3 is 0 Å². The minimum absolute atomic E-state index is 0.106. The van der Waals surface area contributed by atoms with Crippen molar-refractivity contribution in [3.05, 3.63) is 30.3 Å². The summed E-state index contributed by atoms with van der Waals surface area (Å²) in [5.74, 6) is 2.27. The van der Waals surface area contributed by atoms with E-state index in [1.807, 2.05) is 37.3 Å². The Morgan fingerprint density at radius 2 is 2.19 bits per heavy atom. The molecule has 2 aromatic rings. The van der Waals surface area contributed by atoms with Gasteiger partial charge in [-0.3, -0.25) is 4.79 Å². The monoisotopic (exact) mass is 318 g/mol. The maximum Gasteiger partial charge on any atom is 0.234 e. The van der Waals surface area contributed by atoms with Crippen molar-refractivity contribution in [2.45, 2.75) is 16.5 Å². The largest absolute Gasteiger partial charge is 0.344 e. The first-order chi connectivity index (χ1) is 10.2. The average molecular weight is 318 g/mol. The van der Waals surface area contributed by atoms with E-state index in [1.54, 1.807) is 0 Å². The molecule has 7 heteroatoms. The van der Waals surface area contributed by atoms with E-state index >= 15 is 0 Å². The normalized spacial score (nSPS) is 11.4.